The Hall–Kier alpha value is -1.07. The molecule has 1 fully saturated rings. The van der Waals surface area contributed by atoms with Crippen LogP contribution in [0.3, 0.4) is 0 Å². The molecule has 110 valence electrons. The van der Waals surface area contributed by atoms with Crippen molar-refractivity contribution in [2.45, 2.75) is 25.8 Å². The number of anilines is 1. The maximum absolute atomic E-state index is 12.4. The van der Waals surface area contributed by atoms with Crippen LogP contribution in [0.5, 0.6) is 0 Å². The average molecular weight is 340 g/mol. The van der Waals surface area contributed by atoms with E-state index in [1.54, 1.807) is 11.0 Å². The summed E-state index contributed by atoms with van der Waals surface area (Å²) in [6, 6.07) is 5.85. The monoisotopic (exact) mass is 339 g/mol. The zero-order valence-corrected chi connectivity index (χ0v) is 13.7. The second-order valence-corrected chi connectivity index (χ2v) is 6.20. The topological polar surface area (TPSA) is 49.6 Å². The highest BCUT2D eigenvalue weighted by atomic mass is 79.9. The van der Waals surface area contributed by atoms with Gasteiger partial charge in [0.15, 0.2) is 0 Å². The van der Waals surface area contributed by atoms with Gasteiger partial charge in [-0.2, -0.15) is 0 Å². The second-order valence-electron chi connectivity index (χ2n) is 5.35. The summed E-state index contributed by atoms with van der Waals surface area (Å²) in [6.07, 6.45) is 2.40. The molecule has 1 amide bonds. The summed E-state index contributed by atoms with van der Waals surface area (Å²) < 4.78 is 0.824. The molecule has 5 heteroatoms. The number of hydrogen-bond donors (Lipinski definition) is 1. The van der Waals surface area contributed by atoms with Gasteiger partial charge in [-0.1, -0.05) is 6.92 Å². The summed E-state index contributed by atoms with van der Waals surface area (Å²) >= 11 is 3.35. The predicted octanol–water partition coefficient (Wildman–Crippen LogP) is 2.59. The van der Waals surface area contributed by atoms with Crippen LogP contribution in [0, 0.1) is 0 Å². The molecule has 1 unspecified atom stereocenters. The standard InChI is InChI=1S/C15H22BrN3O/c1-3-19-8-4-5-12(19)10-18(2)15(20)11-6-7-13(16)14(17)9-11/h6-7,9,12H,3-5,8,10,17H2,1-2H3. The summed E-state index contributed by atoms with van der Waals surface area (Å²) in [6.45, 7) is 5.16. The SMILES string of the molecule is CCN1CCCC1CN(C)C(=O)c1ccc(Br)c(N)c1. The fraction of sp³-hybridized carbons (Fsp3) is 0.533. The quantitative estimate of drug-likeness (QED) is 0.857. The number of nitrogens with two attached hydrogens (primary N) is 1. The zero-order valence-electron chi connectivity index (χ0n) is 12.1. The van der Waals surface area contributed by atoms with Crippen molar-refractivity contribution >= 4 is 27.5 Å². The molecule has 20 heavy (non-hydrogen) atoms. The normalized spacial score (nSPS) is 19.2. The lowest BCUT2D eigenvalue weighted by atomic mass is 10.1. The summed E-state index contributed by atoms with van der Waals surface area (Å²) in [4.78, 5) is 16.7. The number of likely N-dealkylation sites (N-methyl/N-ethyl adjacent to an activating group) is 2. The number of amides is 1. The molecule has 0 aliphatic carbocycles. The molecule has 1 aromatic carbocycles. The lowest BCUT2D eigenvalue weighted by Gasteiger charge is -2.27. The van der Waals surface area contributed by atoms with E-state index >= 15 is 0 Å². The Morgan fingerprint density at radius 3 is 2.95 bits per heavy atom. The highest BCUT2D eigenvalue weighted by Gasteiger charge is 2.25. The van der Waals surface area contributed by atoms with Crippen LogP contribution in [-0.2, 0) is 0 Å². The number of halogens is 1. The van der Waals surface area contributed by atoms with Crippen molar-refractivity contribution in [2.75, 3.05) is 32.4 Å². The van der Waals surface area contributed by atoms with Crippen LogP contribution in [0.15, 0.2) is 22.7 Å². The Bertz CT molecular complexity index is 492. The third-order valence-electron chi connectivity index (χ3n) is 3.98. The van der Waals surface area contributed by atoms with Crippen molar-refractivity contribution in [2.24, 2.45) is 0 Å². The van der Waals surface area contributed by atoms with E-state index in [1.807, 2.05) is 19.2 Å². The lowest BCUT2D eigenvalue weighted by molar-refractivity contribution is 0.0754. The van der Waals surface area contributed by atoms with E-state index < -0.39 is 0 Å². The molecule has 1 heterocycles. The van der Waals surface area contributed by atoms with Crippen LogP contribution in [0.4, 0.5) is 5.69 Å². The first-order valence-corrected chi connectivity index (χ1v) is 7.86. The van der Waals surface area contributed by atoms with Gasteiger partial charge in [-0.3, -0.25) is 9.69 Å². The van der Waals surface area contributed by atoms with Gasteiger partial charge in [0.05, 0.1) is 0 Å². The first-order chi connectivity index (χ1) is 9.52. The number of benzene rings is 1. The molecule has 1 aliphatic heterocycles. The number of likely N-dealkylation sites (tertiary alicyclic amines) is 1. The zero-order chi connectivity index (χ0) is 14.7. The fourth-order valence-corrected chi connectivity index (χ4v) is 3.06. The molecule has 2 N–H and O–H groups in total. The molecule has 0 bridgehead atoms. The largest absolute Gasteiger partial charge is 0.398 e. The van der Waals surface area contributed by atoms with E-state index in [9.17, 15) is 4.79 Å². The Morgan fingerprint density at radius 2 is 2.30 bits per heavy atom. The maximum atomic E-state index is 12.4. The highest BCUT2D eigenvalue weighted by Crippen LogP contribution is 2.22. The summed E-state index contributed by atoms with van der Waals surface area (Å²) in [5.74, 6) is 0.0344. The van der Waals surface area contributed by atoms with E-state index in [-0.39, 0.29) is 5.91 Å². The van der Waals surface area contributed by atoms with E-state index in [2.05, 4.69) is 27.8 Å². The van der Waals surface area contributed by atoms with Crippen molar-refractivity contribution in [3.8, 4) is 0 Å². The molecule has 1 aromatic rings. The molecule has 0 saturated carbocycles. The first kappa shape index (κ1) is 15.3. The first-order valence-electron chi connectivity index (χ1n) is 7.07. The molecule has 1 saturated heterocycles. The van der Waals surface area contributed by atoms with Crippen LogP contribution >= 0.6 is 15.9 Å². The van der Waals surface area contributed by atoms with Gasteiger partial charge in [0.25, 0.3) is 5.91 Å². The summed E-state index contributed by atoms with van der Waals surface area (Å²) in [7, 11) is 1.87. The molecular weight excluding hydrogens is 318 g/mol. The highest BCUT2D eigenvalue weighted by molar-refractivity contribution is 9.10. The smallest absolute Gasteiger partial charge is 0.253 e. The van der Waals surface area contributed by atoms with Crippen molar-refractivity contribution in [1.29, 1.82) is 0 Å². The average Bonchev–Trinajstić information content (AvgIpc) is 2.88. The minimum absolute atomic E-state index is 0.0344. The number of nitrogens with zero attached hydrogens (tertiary/aromatic N) is 2. The fourth-order valence-electron chi connectivity index (χ4n) is 2.81. The second kappa shape index (κ2) is 6.59. The Kier molecular flexibility index (Phi) is 5.05. The number of rotatable bonds is 4. The van der Waals surface area contributed by atoms with Crippen LogP contribution in [0.2, 0.25) is 0 Å². The van der Waals surface area contributed by atoms with Gasteiger partial charge in [-0.15, -0.1) is 0 Å². The van der Waals surface area contributed by atoms with Crippen LogP contribution in [0.25, 0.3) is 0 Å². The number of nitrogen functional groups attached to an aromatic ring is 1. The van der Waals surface area contributed by atoms with Gasteiger partial charge in [0.2, 0.25) is 0 Å². The van der Waals surface area contributed by atoms with E-state index in [4.69, 9.17) is 5.73 Å². The number of carbonyl (C=O) groups excluding carboxylic acids is 1. The molecule has 0 aromatic heterocycles. The third-order valence-corrected chi connectivity index (χ3v) is 4.70. The predicted molar refractivity (Wildman–Crippen MR) is 85.8 cm³/mol. The number of hydrogen-bond acceptors (Lipinski definition) is 3. The third kappa shape index (κ3) is 3.33. The van der Waals surface area contributed by atoms with Gasteiger partial charge >= 0.3 is 0 Å². The van der Waals surface area contributed by atoms with Gasteiger partial charge in [0, 0.05) is 35.4 Å². The van der Waals surface area contributed by atoms with Gasteiger partial charge in [-0.25, -0.2) is 0 Å². The van der Waals surface area contributed by atoms with E-state index in [0.717, 1.165) is 24.1 Å². The molecule has 0 spiro atoms. The maximum Gasteiger partial charge on any atom is 0.253 e. The molecule has 1 aliphatic rings. The van der Waals surface area contributed by atoms with Gasteiger partial charge in [0.1, 0.15) is 0 Å². The molecule has 1 atom stereocenters. The lowest BCUT2D eigenvalue weighted by Crippen LogP contribution is -2.41. The van der Waals surface area contributed by atoms with Gasteiger partial charge < -0.3 is 10.6 Å². The number of carbonyl (C=O) groups is 1. The van der Waals surface area contributed by atoms with Crippen molar-refractivity contribution in [3.63, 3.8) is 0 Å². The van der Waals surface area contributed by atoms with Crippen molar-refractivity contribution in [3.05, 3.63) is 28.2 Å². The Labute approximate surface area is 129 Å². The molecule has 0 radical (unpaired) electrons. The summed E-state index contributed by atoms with van der Waals surface area (Å²) in [5, 5.41) is 0. The molecule has 2 rings (SSSR count). The Balaban J connectivity index is 2.03. The minimum atomic E-state index is 0.0344. The van der Waals surface area contributed by atoms with Gasteiger partial charge in [-0.05, 0) is 60.1 Å². The van der Waals surface area contributed by atoms with Crippen LogP contribution in [-0.4, -0.2) is 48.4 Å². The van der Waals surface area contributed by atoms with E-state index in [1.165, 1.54) is 12.8 Å². The van der Waals surface area contributed by atoms with Crippen molar-refractivity contribution in [1.82, 2.24) is 9.80 Å². The van der Waals surface area contributed by atoms with Crippen molar-refractivity contribution < 1.29 is 4.79 Å². The Morgan fingerprint density at radius 1 is 1.55 bits per heavy atom. The van der Waals surface area contributed by atoms with E-state index in [0.29, 0.717) is 17.3 Å². The molecule has 4 nitrogen and oxygen atoms in total. The summed E-state index contributed by atoms with van der Waals surface area (Å²) in [5.41, 5.74) is 7.08. The molecular formula is C15H22BrN3O. The van der Waals surface area contributed by atoms with Crippen LogP contribution < -0.4 is 5.73 Å². The van der Waals surface area contributed by atoms with Crippen LogP contribution in [0.1, 0.15) is 30.1 Å². The minimum Gasteiger partial charge on any atom is -0.398 e.